The Labute approximate surface area is 152 Å². The van der Waals surface area contributed by atoms with Crippen LogP contribution in [-0.4, -0.2) is 23.0 Å². The summed E-state index contributed by atoms with van der Waals surface area (Å²) >= 11 is 1.31. The van der Waals surface area contributed by atoms with Crippen LogP contribution in [-0.2, 0) is 0 Å². The van der Waals surface area contributed by atoms with Crippen molar-refractivity contribution in [1.29, 1.82) is 0 Å². The van der Waals surface area contributed by atoms with E-state index in [9.17, 15) is 9.18 Å². The van der Waals surface area contributed by atoms with E-state index in [1.54, 1.807) is 19.2 Å². The standard InChI is InChI=1S/C19H14FN3O2S/c1-25-17-8-3-2-5-11(17)16-10-26-19(22-16)23-18(24)15-9-12-13(20)6-4-7-14(12)21-15/h2-10,21H,1H3,(H,22,23,24). The number of benzene rings is 2. The van der Waals surface area contributed by atoms with E-state index < -0.39 is 0 Å². The number of ether oxygens (including phenoxy) is 1. The van der Waals surface area contributed by atoms with E-state index in [1.807, 2.05) is 29.6 Å². The Morgan fingerprint density at radius 3 is 2.88 bits per heavy atom. The van der Waals surface area contributed by atoms with E-state index >= 15 is 0 Å². The Morgan fingerprint density at radius 2 is 2.08 bits per heavy atom. The van der Waals surface area contributed by atoms with Crippen LogP contribution in [0, 0.1) is 5.82 Å². The number of H-pyrrole nitrogens is 1. The maximum Gasteiger partial charge on any atom is 0.273 e. The topological polar surface area (TPSA) is 67.0 Å². The molecule has 0 atom stereocenters. The highest BCUT2D eigenvalue weighted by Gasteiger charge is 2.15. The maximum atomic E-state index is 13.8. The first-order chi connectivity index (χ1) is 12.7. The third-order valence-electron chi connectivity index (χ3n) is 3.96. The van der Waals surface area contributed by atoms with Crippen molar-refractivity contribution in [3.05, 3.63) is 65.4 Å². The Kier molecular flexibility index (Phi) is 4.14. The molecule has 0 unspecified atom stereocenters. The van der Waals surface area contributed by atoms with Crippen LogP contribution in [0.4, 0.5) is 9.52 Å². The maximum absolute atomic E-state index is 13.8. The third-order valence-corrected chi connectivity index (χ3v) is 4.72. The Bertz CT molecular complexity index is 1100. The molecule has 7 heteroatoms. The van der Waals surface area contributed by atoms with Crippen molar-refractivity contribution >= 4 is 33.3 Å². The van der Waals surface area contributed by atoms with Crippen LogP contribution in [0.2, 0.25) is 0 Å². The summed E-state index contributed by atoms with van der Waals surface area (Å²) in [5.74, 6) is -0.0335. The second kappa shape index (κ2) is 6.61. The summed E-state index contributed by atoms with van der Waals surface area (Å²) in [6, 6.07) is 13.7. The van der Waals surface area contributed by atoms with E-state index in [0.29, 0.717) is 27.5 Å². The van der Waals surface area contributed by atoms with Crippen molar-refractivity contribution in [2.75, 3.05) is 12.4 Å². The molecule has 1 amide bonds. The largest absolute Gasteiger partial charge is 0.496 e. The zero-order valence-electron chi connectivity index (χ0n) is 13.7. The van der Waals surface area contributed by atoms with E-state index in [2.05, 4.69) is 15.3 Å². The fraction of sp³-hybridized carbons (Fsp3) is 0.0526. The molecular weight excluding hydrogens is 353 g/mol. The summed E-state index contributed by atoms with van der Waals surface area (Å²) in [6.45, 7) is 0. The molecule has 0 radical (unpaired) electrons. The fourth-order valence-electron chi connectivity index (χ4n) is 2.72. The van der Waals surface area contributed by atoms with Crippen LogP contribution in [0.25, 0.3) is 22.2 Å². The second-order valence-corrected chi connectivity index (χ2v) is 6.43. The third kappa shape index (κ3) is 2.93. The number of aromatic amines is 1. The summed E-state index contributed by atoms with van der Waals surface area (Å²) in [5.41, 5.74) is 2.41. The highest BCUT2D eigenvalue weighted by atomic mass is 32.1. The number of fused-ring (bicyclic) bond motifs is 1. The van der Waals surface area contributed by atoms with Crippen LogP contribution in [0.3, 0.4) is 0 Å². The highest BCUT2D eigenvalue weighted by molar-refractivity contribution is 7.14. The van der Waals surface area contributed by atoms with Gasteiger partial charge in [-0.1, -0.05) is 18.2 Å². The number of hydrogen-bond donors (Lipinski definition) is 2. The molecule has 2 aromatic carbocycles. The number of halogens is 1. The lowest BCUT2D eigenvalue weighted by Gasteiger charge is -2.04. The van der Waals surface area contributed by atoms with Gasteiger partial charge in [0.25, 0.3) is 5.91 Å². The Morgan fingerprint density at radius 1 is 1.23 bits per heavy atom. The fourth-order valence-corrected chi connectivity index (χ4v) is 3.42. The zero-order chi connectivity index (χ0) is 18.1. The molecule has 0 bridgehead atoms. The van der Waals surface area contributed by atoms with Gasteiger partial charge in [-0.3, -0.25) is 10.1 Å². The first-order valence-corrected chi connectivity index (χ1v) is 8.71. The number of para-hydroxylation sites is 1. The van der Waals surface area contributed by atoms with Gasteiger partial charge in [0.2, 0.25) is 0 Å². The molecule has 0 aliphatic rings. The molecule has 4 rings (SSSR count). The number of aromatic nitrogens is 2. The predicted octanol–water partition coefficient (Wildman–Crippen LogP) is 4.69. The number of carbonyl (C=O) groups is 1. The monoisotopic (exact) mass is 367 g/mol. The minimum atomic E-state index is -0.374. The van der Waals surface area contributed by atoms with Gasteiger partial charge in [0.1, 0.15) is 17.3 Å². The molecule has 2 heterocycles. The minimum absolute atomic E-state index is 0.277. The summed E-state index contributed by atoms with van der Waals surface area (Å²) in [5, 5.41) is 5.42. The molecule has 0 spiro atoms. The van der Waals surface area contributed by atoms with Crippen molar-refractivity contribution in [3.8, 4) is 17.0 Å². The first kappa shape index (κ1) is 16.3. The van der Waals surface area contributed by atoms with Crippen LogP contribution in [0.1, 0.15) is 10.5 Å². The molecule has 4 aromatic rings. The van der Waals surface area contributed by atoms with Gasteiger partial charge < -0.3 is 9.72 Å². The van der Waals surface area contributed by atoms with E-state index in [-0.39, 0.29) is 17.4 Å². The SMILES string of the molecule is COc1ccccc1-c1csc(NC(=O)c2cc3c(F)cccc3[nH]2)n1. The van der Waals surface area contributed by atoms with Crippen molar-refractivity contribution in [2.24, 2.45) is 0 Å². The quantitative estimate of drug-likeness (QED) is 0.550. The second-order valence-electron chi connectivity index (χ2n) is 5.58. The predicted molar refractivity (Wildman–Crippen MR) is 100 cm³/mol. The Balaban J connectivity index is 1.58. The molecule has 0 fully saturated rings. The van der Waals surface area contributed by atoms with Gasteiger partial charge in [0.15, 0.2) is 5.13 Å². The number of nitrogens with zero attached hydrogens (tertiary/aromatic N) is 1. The van der Waals surface area contributed by atoms with Crippen molar-refractivity contribution in [3.63, 3.8) is 0 Å². The average Bonchev–Trinajstić information content (AvgIpc) is 3.29. The average molecular weight is 367 g/mol. The van der Waals surface area contributed by atoms with E-state index in [1.165, 1.54) is 23.5 Å². The summed E-state index contributed by atoms with van der Waals surface area (Å²) in [4.78, 5) is 19.8. The molecule has 0 saturated heterocycles. The van der Waals surface area contributed by atoms with Gasteiger partial charge in [-0.2, -0.15) is 0 Å². The minimum Gasteiger partial charge on any atom is -0.496 e. The van der Waals surface area contributed by atoms with E-state index in [4.69, 9.17) is 4.74 Å². The first-order valence-electron chi connectivity index (χ1n) is 7.83. The number of rotatable bonds is 4. The van der Waals surface area contributed by atoms with Crippen LogP contribution < -0.4 is 10.1 Å². The molecule has 0 aliphatic heterocycles. The summed E-state index contributed by atoms with van der Waals surface area (Å²) < 4.78 is 19.1. The van der Waals surface area contributed by atoms with Gasteiger partial charge >= 0.3 is 0 Å². The number of thiazole rings is 1. The lowest BCUT2D eigenvalue weighted by Crippen LogP contribution is -2.11. The molecule has 5 nitrogen and oxygen atoms in total. The van der Waals surface area contributed by atoms with Crippen molar-refractivity contribution < 1.29 is 13.9 Å². The molecule has 0 saturated carbocycles. The Hall–Kier alpha value is -3.19. The molecule has 130 valence electrons. The van der Waals surface area contributed by atoms with Gasteiger partial charge in [-0.25, -0.2) is 9.37 Å². The molecular formula is C19H14FN3O2S. The van der Waals surface area contributed by atoms with Crippen molar-refractivity contribution in [2.45, 2.75) is 0 Å². The summed E-state index contributed by atoms with van der Waals surface area (Å²) in [7, 11) is 1.60. The van der Waals surface area contributed by atoms with Gasteiger partial charge in [-0.15, -0.1) is 11.3 Å². The number of nitrogens with one attached hydrogen (secondary N) is 2. The lowest BCUT2D eigenvalue weighted by molar-refractivity contribution is 0.102. The molecule has 26 heavy (non-hydrogen) atoms. The van der Waals surface area contributed by atoms with Gasteiger partial charge in [0.05, 0.1) is 12.8 Å². The van der Waals surface area contributed by atoms with Crippen LogP contribution in [0.15, 0.2) is 53.9 Å². The highest BCUT2D eigenvalue weighted by Crippen LogP contribution is 2.32. The smallest absolute Gasteiger partial charge is 0.273 e. The van der Waals surface area contributed by atoms with Gasteiger partial charge in [-0.05, 0) is 30.3 Å². The number of hydrogen-bond acceptors (Lipinski definition) is 4. The lowest BCUT2D eigenvalue weighted by atomic mass is 10.1. The number of carbonyl (C=O) groups excluding carboxylic acids is 1. The van der Waals surface area contributed by atoms with Crippen molar-refractivity contribution in [1.82, 2.24) is 9.97 Å². The van der Waals surface area contributed by atoms with Crippen LogP contribution in [0.5, 0.6) is 5.75 Å². The summed E-state index contributed by atoms with van der Waals surface area (Å²) in [6.07, 6.45) is 0. The molecule has 0 aliphatic carbocycles. The number of amides is 1. The normalized spacial score (nSPS) is 10.8. The van der Waals surface area contributed by atoms with Crippen LogP contribution >= 0.6 is 11.3 Å². The van der Waals surface area contributed by atoms with E-state index in [0.717, 1.165) is 5.56 Å². The zero-order valence-corrected chi connectivity index (χ0v) is 14.6. The molecule has 2 N–H and O–H groups in total. The number of anilines is 1. The van der Waals surface area contributed by atoms with Gasteiger partial charge in [0, 0.05) is 21.8 Å². The number of methoxy groups -OCH3 is 1. The molecule has 2 aromatic heterocycles.